The third-order valence-electron chi connectivity index (χ3n) is 2.27. The lowest BCUT2D eigenvalue weighted by Gasteiger charge is -2.02. The predicted molar refractivity (Wildman–Crippen MR) is 74.5 cm³/mol. The summed E-state index contributed by atoms with van der Waals surface area (Å²) >= 11 is 1.15. The van der Waals surface area contributed by atoms with Gasteiger partial charge in [0.2, 0.25) is 12.9 Å². The van der Waals surface area contributed by atoms with E-state index in [2.05, 4.69) is 25.5 Å². The molecule has 0 unspecified atom stereocenters. The lowest BCUT2D eigenvalue weighted by Crippen LogP contribution is -2.49. The van der Waals surface area contributed by atoms with Gasteiger partial charge in [-0.2, -0.15) is 0 Å². The highest BCUT2D eigenvalue weighted by molar-refractivity contribution is 7.13. The fourth-order valence-corrected chi connectivity index (χ4v) is 2.01. The largest absolute Gasteiger partial charge is 0.479 e. The molecule has 0 spiro atoms. The second-order valence-corrected chi connectivity index (χ2v) is 4.77. The van der Waals surface area contributed by atoms with Crippen LogP contribution >= 0.6 is 11.3 Å². The highest BCUT2D eigenvalue weighted by Crippen LogP contribution is 2.12. The number of rotatable bonds is 6. The molecule has 0 saturated heterocycles. The Morgan fingerprint density at radius 1 is 1.64 bits per heavy atom. The number of nitrogen functional groups attached to an aromatic ring is 1. The van der Waals surface area contributed by atoms with Gasteiger partial charge in [-0.05, 0) is 0 Å². The van der Waals surface area contributed by atoms with Crippen molar-refractivity contribution >= 4 is 34.1 Å². The van der Waals surface area contributed by atoms with E-state index < -0.39 is 11.9 Å². The molecule has 0 atom stereocenters. The monoisotopic (exact) mass is 326 g/mol. The van der Waals surface area contributed by atoms with Crippen molar-refractivity contribution in [3.05, 3.63) is 23.7 Å². The standard InChI is InChI=1S/C10H11N7O4S/c1-21-15-8(6-3-22-10(11)13-6)9(20)14-17-4-12-16(5-17)2-7(18)19/h3-5H,2H2,1H3,(H3-,11,13,14,18,19,20)/p+1. The molecule has 0 saturated carbocycles. The minimum absolute atomic E-state index is 0.0751. The van der Waals surface area contributed by atoms with E-state index in [0.29, 0.717) is 0 Å². The number of nitrogens with two attached hydrogens (primary N) is 1. The van der Waals surface area contributed by atoms with Crippen molar-refractivity contribution < 1.29 is 24.2 Å². The number of hydrogen-bond acceptors (Lipinski definition) is 8. The van der Waals surface area contributed by atoms with Gasteiger partial charge in [-0.1, -0.05) is 5.16 Å². The second kappa shape index (κ2) is 6.62. The molecule has 4 N–H and O–H groups in total. The molecule has 2 heterocycles. The van der Waals surface area contributed by atoms with Crippen LogP contribution in [0.15, 0.2) is 23.2 Å². The maximum Gasteiger partial charge on any atom is 0.341 e. The molecule has 1 amide bonds. The number of nitrogens with zero attached hydrogens (tertiary/aromatic N) is 5. The first kappa shape index (κ1) is 15.4. The number of carbonyl (C=O) groups excluding carboxylic acids is 1. The Bertz CT molecular complexity index is 722. The Balaban J connectivity index is 2.13. The predicted octanol–water partition coefficient (Wildman–Crippen LogP) is -1.59. The number of carboxylic acids is 1. The zero-order valence-electron chi connectivity index (χ0n) is 11.3. The van der Waals surface area contributed by atoms with Gasteiger partial charge in [0.05, 0.1) is 0 Å². The Kier molecular flexibility index (Phi) is 4.63. The number of aromatic nitrogens is 4. The first-order valence-corrected chi connectivity index (χ1v) is 6.67. The molecule has 12 heteroatoms. The van der Waals surface area contributed by atoms with Crippen LogP contribution in [0.5, 0.6) is 0 Å². The molecule has 22 heavy (non-hydrogen) atoms. The van der Waals surface area contributed by atoms with Gasteiger partial charge in [0.15, 0.2) is 10.8 Å². The maximum atomic E-state index is 12.2. The van der Waals surface area contributed by atoms with Crippen molar-refractivity contribution in [3.8, 4) is 0 Å². The first-order valence-electron chi connectivity index (χ1n) is 5.79. The summed E-state index contributed by atoms with van der Waals surface area (Å²) in [6, 6.07) is 0. The number of oxime groups is 1. The van der Waals surface area contributed by atoms with Crippen LogP contribution in [0.3, 0.4) is 0 Å². The minimum Gasteiger partial charge on any atom is -0.479 e. The molecule has 0 aliphatic heterocycles. The van der Waals surface area contributed by atoms with E-state index >= 15 is 0 Å². The van der Waals surface area contributed by atoms with Gasteiger partial charge in [0.25, 0.3) is 6.33 Å². The van der Waals surface area contributed by atoms with Crippen LogP contribution in [-0.4, -0.2) is 44.6 Å². The van der Waals surface area contributed by atoms with Crippen molar-refractivity contribution in [2.24, 2.45) is 5.16 Å². The normalized spacial score (nSPS) is 11.2. The van der Waals surface area contributed by atoms with Crippen LogP contribution in [0.25, 0.3) is 0 Å². The quantitative estimate of drug-likeness (QED) is 0.329. The molecule has 116 valence electrons. The molecule has 2 aromatic rings. The number of carbonyl (C=O) groups is 2. The number of thiazole rings is 1. The van der Waals surface area contributed by atoms with Crippen molar-refractivity contribution in [2.75, 3.05) is 18.3 Å². The summed E-state index contributed by atoms with van der Waals surface area (Å²) in [7, 11) is 1.29. The summed E-state index contributed by atoms with van der Waals surface area (Å²) in [6.07, 6.45) is 2.53. The summed E-state index contributed by atoms with van der Waals surface area (Å²) in [5, 5.41) is 17.9. The topological polar surface area (TPSA) is 149 Å². The Morgan fingerprint density at radius 2 is 2.41 bits per heavy atom. The number of anilines is 1. The maximum absolute atomic E-state index is 12.2. The highest BCUT2D eigenvalue weighted by Gasteiger charge is 2.21. The smallest absolute Gasteiger partial charge is 0.341 e. The first-order chi connectivity index (χ1) is 10.5. The molecule has 2 rings (SSSR count). The Hall–Kier alpha value is -3.02. The average Bonchev–Trinajstić information content (AvgIpc) is 3.04. The van der Waals surface area contributed by atoms with Crippen molar-refractivity contribution in [2.45, 2.75) is 6.54 Å². The van der Waals surface area contributed by atoms with Crippen LogP contribution in [0.4, 0.5) is 5.13 Å². The Morgan fingerprint density at radius 3 is 3.00 bits per heavy atom. The zero-order chi connectivity index (χ0) is 16.1. The Labute approximate surface area is 127 Å². The highest BCUT2D eigenvalue weighted by atomic mass is 32.1. The van der Waals surface area contributed by atoms with Gasteiger partial charge in [-0.3, -0.25) is 4.79 Å². The number of amides is 1. The van der Waals surface area contributed by atoms with E-state index in [-0.39, 0.29) is 23.1 Å². The third-order valence-corrected chi connectivity index (χ3v) is 2.95. The van der Waals surface area contributed by atoms with Gasteiger partial charge in [0, 0.05) is 10.5 Å². The van der Waals surface area contributed by atoms with E-state index in [4.69, 9.17) is 10.8 Å². The molecular formula is C10H12N7O4S+. The lowest BCUT2D eigenvalue weighted by atomic mass is 10.3. The molecule has 0 aliphatic rings. The van der Waals surface area contributed by atoms with Gasteiger partial charge in [-0.15, -0.1) is 20.7 Å². The number of aliphatic carboxylic acids is 1. The fraction of sp³-hybridized carbons (Fsp3) is 0.200. The minimum atomic E-state index is -1.05. The summed E-state index contributed by atoms with van der Waals surface area (Å²) in [4.78, 5) is 31.3. The van der Waals surface area contributed by atoms with Crippen molar-refractivity contribution in [1.29, 1.82) is 0 Å². The fourth-order valence-electron chi connectivity index (χ4n) is 1.47. The van der Waals surface area contributed by atoms with Crippen LogP contribution in [0.2, 0.25) is 0 Å². The van der Waals surface area contributed by atoms with Crippen LogP contribution in [0, 0.1) is 0 Å². The van der Waals surface area contributed by atoms with Crippen LogP contribution in [-0.2, 0) is 21.0 Å². The van der Waals surface area contributed by atoms with Gasteiger partial charge < -0.3 is 15.7 Å². The molecule has 2 aromatic heterocycles. The van der Waals surface area contributed by atoms with Gasteiger partial charge in [0.1, 0.15) is 12.8 Å². The average molecular weight is 326 g/mol. The van der Waals surface area contributed by atoms with E-state index in [1.807, 2.05) is 0 Å². The zero-order valence-corrected chi connectivity index (χ0v) is 12.1. The van der Waals surface area contributed by atoms with Crippen molar-refractivity contribution in [1.82, 2.24) is 14.8 Å². The molecular weight excluding hydrogens is 314 g/mol. The molecule has 0 fully saturated rings. The summed E-state index contributed by atoms with van der Waals surface area (Å²) in [6.45, 7) is -0.329. The summed E-state index contributed by atoms with van der Waals surface area (Å²) in [5.74, 6) is -1.67. The third kappa shape index (κ3) is 3.76. The molecule has 0 aliphatic carbocycles. The van der Waals surface area contributed by atoms with E-state index in [9.17, 15) is 9.59 Å². The number of nitrogens with one attached hydrogen (secondary N) is 1. The number of carboxylic acid groups (broad SMARTS) is 1. The second-order valence-electron chi connectivity index (χ2n) is 3.88. The molecule has 11 nitrogen and oxygen atoms in total. The van der Waals surface area contributed by atoms with E-state index in [1.54, 1.807) is 5.38 Å². The van der Waals surface area contributed by atoms with E-state index in [0.717, 1.165) is 16.0 Å². The van der Waals surface area contributed by atoms with Crippen LogP contribution < -0.4 is 15.8 Å². The molecule has 0 radical (unpaired) electrons. The van der Waals surface area contributed by atoms with Gasteiger partial charge >= 0.3 is 11.9 Å². The summed E-state index contributed by atoms with van der Waals surface area (Å²) in [5.41, 5.74) is 8.15. The van der Waals surface area contributed by atoms with Crippen LogP contribution in [0.1, 0.15) is 5.69 Å². The van der Waals surface area contributed by atoms with Crippen molar-refractivity contribution in [3.63, 3.8) is 0 Å². The van der Waals surface area contributed by atoms with Gasteiger partial charge in [-0.25, -0.2) is 15.2 Å². The lowest BCUT2D eigenvalue weighted by molar-refractivity contribution is -0.642. The number of hydrogen-bond donors (Lipinski definition) is 3. The SMILES string of the molecule is CON=C(C(=O)N[n+]1cnn(CC(=O)O)c1)c1csc(N)n1. The molecule has 0 aromatic carbocycles. The summed E-state index contributed by atoms with van der Waals surface area (Å²) < 4.78 is 2.32. The van der Waals surface area contributed by atoms with E-state index in [1.165, 1.54) is 24.4 Å². The molecule has 0 bridgehead atoms.